The van der Waals surface area contributed by atoms with Crippen LogP contribution in [0.2, 0.25) is 0 Å². The molecule has 0 heterocycles. The Morgan fingerprint density at radius 1 is 1.35 bits per heavy atom. The molecule has 0 fully saturated rings. The minimum atomic E-state index is -0.860. The van der Waals surface area contributed by atoms with Crippen LogP contribution in [0.4, 0.5) is 0 Å². The highest BCUT2D eigenvalue weighted by Crippen LogP contribution is 2.20. The normalized spacial score (nSPS) is 16.4. The van der Waals surface area contributed by atoms with Crippen molar-refractivity contribution in [2.75, 3.05) is 13.2 Å². The molecule has 0 amide bonds. The molecule has 4 nitrogen and oxygen atoms in total. The number of unbranched alkanes of at least 4 members (excludes halogenated alkanes) is 4. The number of thiol groups is 1. The van der Waals surface area contributed by atoms with Gasteiger partial charge in [-0.25, -0.2) is 0 Å². The van der Waals surface area contributed by atoms with Gasteiger partial charge in [0.2, 0.25) is 0 Å². The lowest BCUT2D eigenvalue weighted by Gasteiger charge is -2.19. The van der Waals surface area contributed by atoms with Gasteiger partial charge in [0.05, 0.1) is 18.0 Å². The van der Waals surface area contributed by atoms with Crippen molar-refractivity contribution in [3.8, 4) is 6.07 Å². The molecule has 0 aliphatic rings. The molecule has 1 radical (unpaired) electrons. The average Bonchev–Trinajstić information content (AvgIpc) is 2.44. The monoisotopic (exact) mass is 316 g/mol. The molecular weight excluding hydrogens is 290 g/mol. The molecule has 0 bridgehead atoms. The first-order chi connectivity index (χ1) is 9.52. The Bertz CT molecular complexity index is 333. The van der Waals surface area contributed by atoms with Gasteiger partial charge in [-0.1, -0.05) is 39.0 Å². The molecule has 0 aliphatic heterocycles. The van der Waals surface area contributed by atoms with Crippen LogP contribution in [0.1, 0.15) is 52.4 Å². The van der Waals surface area contributed by atoms with Crippen LogP contribution in [0, 0.1) is 11.3 Å². The van der Waals surface area contributed by atoms with Gasteiger partial charge in [0.1, 0.15) is 19.6 Å². The summed E-state index contributed by atoms with van der Waals surface area (Å²) in [6.45, 7) is 4.09. The Balaban J connectivity index is 4.50. The maximum atomic E-state index is 9.99. The van der Waals surface area contributed by atoms with Crippen LogP contribution in [0.3, 0.4) is 0 Å². The molecule has 0 aliphatic carbocycles. The minimum absolute atomic E-state index is 0.0273. The Morgan fingerprint density at radius 3 is 2.50 bits per heavy atom. The molecule has 0 rings (SSSR count). The van der Waals surface area contributed by atoms with Gasteiger partial charge in [-0.3, -0.25) is 0 Å². The van der Waals surface area contributed by atoms with Crippen molar-refractivity contribution in [3.63, 3.8) is 0 Å². The number of aliphatic hydroxyl groups excluding tert-OH is 2. The van der Waals surface area contributed by atoms with Gasteiger partial charge in [0.25, 0.3) is 0 Å². The van der Waals surface area contributed by atoms with E-state index in [1.54, 1.807) is 6.92 Å². The van der Waals surface area contributed by atoms with Crippen molar-refractivity contribution in [3.05, 3.63) is 0 Å². The quantitative estimate of drug-likeness (QED) is 0.310. The maximum absolute atomic E-state index is 9.99. The highest BCUT2D eigenvalue weighted by Gasteiger charge is 2.26. The van der Waals surface area contributed by atoms with Crippen molar-refractivity contribution < 1.29 is 14.9 Å². The third-order valence-electron chi connectivity index (χ3n) is 3.00. The van der Waals surface area contributed by atoms with Crippen LogP contribution in [-0.4, -0.2) is 48.4 Å². The fourth-order valence-corrected chi connectivity index (χ4v) is 3.46. The first-order valence-electron chi connectivity index (χ1n) is 7.23. The number of nitrogens with zero attached hydrogens (tertiary/aromatic N) is 1. The van der Waals surface area contributed by atoms with Crippen LogP contribution in [0.5, 0.6) is 0 Å². The highest BCUT2D eigenvalue weighted by atomic mass is 32.1. The van der Waals surface area contributed by atoms with Gasteiger partial charge in [-0.15, -0.1) is 0 Å². The summed E-state index contributed by atoms with van der Waals surface area (Å²) in [5.41, 5.74) is 0. The van der Waals surface area contributed by atoms with Crippen molar-refractivity contribution in [1.29, 1.82) is 5.26 Å². The van der Waals surface area contributed by atoms with E-state index in [2.05, 4.69) is 25.6 Å². The van der Waals surface area contributed by atoms with Crippen LogP contribution in [0.15, 0.2) is 0 Å². The zero-order valence-electron chi connectivity index (χ0n) is 12.4. The van der Waals surface area contributed by atoms with E-state index in [1.165, 1.54) is 19.3 Å². The van der Waals surface area contributed by atoms with Crippen LogP contribution in [0.25, 0.3) is 0 Å². The van der Waals surface area contributed by atoms with Crippen LogP contribution >= 0.6 is 12.6 Å². The largest absolute Gasteiger partial charge is 0.515 e. The van der Waals surface area contributed by atoms with E-state index in [9.17, 15) is 10.4 Å². The van der Waals surface area contributed by atoms with Crippen molar-refractivity contribution in [1.82, 2.24) is 0 Å². The smallest absolute Gasteiger partial charge is 0.132 e. The fraction of sp³-hybridized carbons (Fsp3) is 0.857. The Morgan fingerprint density at radius 2 is 2.00 bits per heavy atom. The molecule has 2 N–H and O–H groups in total. The van der Waals surface area contributed by atoms with E-state index in [0.29, 0.717) is 13.0 Å². The molecule has 0 aromatic heterocycles. The lowest BCUT2D eigenvalue weighted by molar-refractivity contribution is 0.0545. The zero-order valence-corrected chi connectivity index (χ0v) is 14.3. The Kier molecular flexibility index (Phi) is 11.1. The second kappa shape index (κ2) is 11.3. The van der Waals surface area contributed by atoms with Crippen molar-refractivity contribution >= 4 is 27.1 Å². The summed E-state index contributed by atoms with van der Waals surface area (Å²) in [6, 6.07) is 2.18. The predicted molar refractivity (Wildman–Crippen MR) is 85.9 cm³/mol. The van der Waals surface area contributed by atoms with Gasteiger partial charge in [-0.2, -0.15) is 17.9 Å². The topological polar surface area (TPSA) is 73.5 Å². The van der Waals surface area contributed by atoms with Gasteiger partial charge >= 0.3 is 0 Å². The lowest BCUT2D eigenvalue weighted by atomic mass is 10.1. The molecule has 20 heavy (non-hydrogen) atoms. The summed E-state index contributed by atoms with van der Waals surface area (Å²) >= 11 is 4.42. The average molecular weight is 317 g/mol. The summed E-state index contributed by atoms with van der Waals surface area (Å²) in [5, 5.41) is 28.5. The van der Waals surface area contributed by atoms with Gasteiger partial charge < -0.3 is 14.9 Å². The molecule has 6 heteroatoms. The first kappa shape index (κ1) is 19.6. The molecule has 2 unspecified atom stereocenters. The number of hydrogen-bond acceptors (Lipinski definition) is 5. The molecule has 0 aromatic carbocycles. The first-order valence-corrected chi connectivity index (χ1v) is 8.67. The molecule has 0 aromatic rings. The number of hydrogen-bond donors (Lipinski definition) is 3. The highest BCUT2D eigenvalue weighted by molar-refractivity contribution is 7.83. The molecule has 0 spiro atoms. The van der Waals surface area contributed by atoms with Gasteiger partial charge in [-0.05, 0) is 13.3 Å². The summed E-state index contributed by atoms with van der Waals surface area (Å²) in [7, 11) is -0.150. The van der Waals surface area contributed by atoms with E-state index in [-0.39, 0.29) is 21.1 Å². The van der Waals surface area contributed by atoms with E-state index < -0.39 is 10.5 Å². The van der Waals surface area contributed by atoms with Gasteiger partial charge in [0.15, 0.2) is 0 Å². The number of rotatable bonds is 11. The van der Waals surface area contributed by atoms with Crippen LogP contribution < -0.4 is 0 Å². The second-order valence-electron chi connectivity index (χ2n) is 4.77. The number of aliphatic hydroxyl groups is 2. The van der Waals surface area contributed by atoms with Gasteiger partial charge in [0, 0.05) is 6.61 Å². The summed E-state index contributed by atoms with van der Waals surface area (Å²) in [6.07, 6.45) is 5.51. The zero-order chi connectivity index (χ0) is 15.4. The third kappa shape index (κ3) is 8.05. The van der Waals surface area contributed by atoms with E-state index >= 15 is 0 Å². The minimum Gasteiger partial charge on any atom is -0.515 e. The Hall–Kier alpha value is -0.353. The second-order valence-corrected chi connectivity index (χ2v) is 7.57. The van der Waals surface area contributed by atoms with E-state index in [4.69, 9.17) is 9.84 Å². The fourth-order valence-electron chi connectivity index (χ4n) is 1.84. The van der Waals surface area contributed by atoms with Crippen LogP contribution in [-0.2, 0) is 4.74 Å². The third-order valence-corrected chi connectivity index (χ3v) is 5.01. The predicted octanol–water partition coefficient (Wildman–Crippen LogP) is 2.10. The molecular formula is C14H26NO3SSi. The number of nitriles is 1. The SMILES string of the molecule is CCCCCCCC(S)(C#N)[Si]=C(O)C(CO)OCC. The summed E-state index contributed by atoms with van der Waals surface area (Å²) in [4.78, 5) is 0. The lowest BCUT2D eigenvalue weighted by Crippen LogP contribution is -2.36. The molecule has 2 atom stereocenters. The maximum Gasteiger partial charge on any atom is 0.132 e. The number of ether oxygens (including phenoxy) is 1. The van der Waals surface area contributed by atoms with Crippen molar-refractivity contribution in [2.45, 2.75) is 62.8 Å². The summed E-state index contributed by atoms with van der Waals surface area (Å²) < 4.78 is 4.37. The molecule has 0 saturated carbocycles. The Labute approximate surface area is 130 Å². The summed E-state index contributed by atoms with van der Waals surface area (Å²) in [5.74, 6) is 0. The van der Waals surface area contributed by atoms with Crippen molar-refractivity contribution in [2.24, 2.45) is 0 Å². The van der Waals surface area contributed by atoms with E-state index in [1.807, 2.05) is 0 Å². The standard InChI is InChI=1S/C14H26NO3SSi/c1-3-5-6-7-8-9-14(19,11-15)20-13(17)12(10-16)18-4-2/h12,16-17,19H,3-10H2,1-2H3. The molecule has 0 saturated heterocycles. The van der Waals surface area contributed by atoms with E-state index in [0.717, 1.165) is 12.8 Å². The molecule has 115 valence electrons.